The lowest BCUT2D eigenvalue weighted by molar-refractivity contribution is 0.0556. The first-order valence-electron chi connectivity index (χ1n) is 14.0. The predicted octanol–water partition coefficient (Wildman–Crippen LogP) is 3.42. The molecule has 2 fully saturated rings. The molecule has 2 aliphatic heterocycles. The van der Waals surface area contributed by atoms with Crippen molar-refractivity contribution in [2.75, 3.05) is 18.9 Å². The molecule has 5 aromatic rings. The number of aromatic amines is 1. The Balaban J connectivity index is 1.24. The van der Waals surface area contributed by atoms with E-state index in [1.165, 1.54) is 10.8 Å². The number of ether oxygens (including phenoxy) is 1. The van der Waals surface area contributed by atoms with Crippen LogP contribution in [0, 0.1) is 0 Å². The number of fused-ring (bicyclic) bond motifs is 3. The number of carbonyl (C=O) groups excluding carboxylic acids is 1. The Bertz CT molecular complexity index is 1950. The van der Waals surface area contributed by atoms with Crippen LogP contribution in [-0.4, -0.2) is 79.2 Å². The first-order valence-corrected chi connectivity index (χ1v) is 15.9. The summed E-state index contributed by atoms with van der Waals surface area (Å²) in [5.74, 6) is 0.152. The number of benzene rings is 1. The number of rotatable bonds is 7. The molecule has 2 atom stereocenters. The summed E-state index contributed by atoms with van der Waals surface area (Å²) in [4.78, 5) is 27.3. The number of piperidine rings is 1. The molecule has 226 valence electrons. The minimum atomic E-state index is -3.78. The number of nitrogens with one attached hydrogen (secondary N) is 1. The van der Waals surface area contributed by atoms with Gasteiger partial charge in [-0.15, -0.1) is 10.2 Å². The highest BCUT2D eigenvalue weighted by molar-refractivity contribution is 7.91. The van der Waals surface area contributed by atoms with Crippen molar-refractivity contribution in [3.05, 3.63) is 66.6 Å². The summed E-state index contributed by atoms with van der Waals surface area (Å²) in [5.41, 5.74) is 10.2. The Labute approximate surface area is 251 Å². The Hall–Kier alpha value is -4.92. The zero-order valence-electron chi connectivity index (χ0n) is 23.6. The maximum atomic E-state index is 13.2. The number of nitrogens with two attached hydrogens (primary N) is 1. The fourth-order valence-electron chi connectivity index (χ4n) is 6.55. The number of H-pyrrole nitrogens is 1. The molecule has 2 unspecified atom stereocenters. The van der Waals surface area contributed by atoms with E-state index in [1.54, 1.807) is 36.7 Å². The zero-order chi connectivity index (χ0) is 30.6. The van der Waals surface area contributed by atoms with Crippen LogP contribution >= 0.6 is 0 Å². The molecular formula is C29H28FN9O4S. The minimum absolute atomic E-state index is 0.00794. The lowest BCUT2D eigenvalue weighted by Crippen LogP contribution is -2.46. The number of amides is 1. The Morgan fingerprint density at radius 1 is 1.09 bits per heavy atom. The number of pyridine rings is 1. The van der Waals surface area contributed by atoms with Crippen molar-refractivity contribution in [3.8, 4) is 28.1 Å². The largest absolute Gasteiger partial charge is 0.463 e. The van der Waals surface area contributed by atoms with Gasteiger partial charge in [-0.25, -0.2) is 17.8 Å². The van der Waals surface area contributed by atoms with Gasteiger partial charge in [0.1, 0.15) is 22.8 Å². The monoisotopic (exact) mass is 617 g/mol. The van der Waals surface area contributed by atoms with Crippen LogP contribution in [0.1, 0.15) is 47.9 Å². The number of anilines is 1. The molecule has 13 nitrogen and oxygen atoms in total. The molecule has 0 spiro atoms. The number of hydrogen-bond acceptors (Lipinski definition) is 10. The van der Waals surface area contributed by atoms with E-state index in [1.807, 2.05) is 17.0 Å². The Kier molecular flexibility index (Phi) is 6.76. The zero-order valence-corrected chi connectivity index (χ0v) is 24.4. The van der Waals surface area contributed by atoms with Gasteiger partial charge in [0.2, 0.25) is 12.7 Å². The number of halogens is 1. The van der Waals surface area contributed by atoms with Crippen molar-refractivity contribution in [1.29, 1.82) is 0 Å². The summed E-state index contributed by atoms with van der Waals surface area (Å²) in [5, 5.41) is 12.0. The second-order valence-corrected chi connectivity index (χ2v) is 13.0. The maximum absolute atomic E-state index is 13.2. The molecule has 3 N–H and O–H groups in total. The highest BCUT2D eigenvalue weighted by Crippen LogP contribution is 2.45. The summed E-state index contributed by atoms with van der Waals surface area (Å²) >= 11 is 0. The number of carbonyl (C=O) groups is 1. The smallest absolute Gasteiger partial charge is 0.292 e. The van der Waals surface area contributed by atoms with Crippen LogP contribution in [0.15, 0.2) is 60.0 Å². The van der Waals surface area contributed by atoms with E-state index in [-0.39, 0.29) is 40.4 Å². The van der Waals surface area contributed by atoms with Gasteiger partial charge >= 0.3 is 0 Å². The summed E-state index contributed by atoms with van der Waals surface area (Å²) in [6.07, 6.45) is 8.45. The molecule has 7 rings (SSSR count). The number of hydrogen-bond donors (Lipinski definition) is 2. The van der Waals surface area contributed by atoms with E-state index in [2.05, 4.69) is 25.3 Å². The van der Waals surface area contributed by atoms with Gasteiger partial charge in [-0.05, 0) is 56.0 Å². The van der Waals surface area contributed by atoms with Crippen molar-refractivity contribution in [3.63, 3.8) is 0 Å². The van der Waals surface area contributed by atoms with Crippen LogP contribution in [-0.2, 0) is 9.84 Å². The number of sulfone groups is 1. The van der Waals surface area contributed by atoms with Crippen molar-refractivity contribution < 1.29 is 22.3 Å². The molecule has 2 saturated heterocycles. The first-order chi connectivity index (χ1) is 21.2. The SMILES string of the molecule is CS(=O)(=O)c1c(C2CC3CCC(C2)N3C(=O)c2nnc[nH]2)nc2c(-c3ccc(-c4ccc(OCF)cc4)nc3)cnn2c1N. The van der Waals surface area contributed by atoms with Gasteiger partial charge in [0, 0.05) is 47.1 Å². The number of aromatic nitrogens is 7. The minimum Gasteiger partial charge on any atom is -0.463 e. The van der Waals surface area contributed by atoms with Crippen LogP contribution in [0.5, 0.6) is 5.75 Å². The molecule has 15 heteroatoms. The van der Waals surface area contributed by atoms with E-state index in [0.717, 1.165) is 30.2 Å². The first kappa shape index (κ1) is 27.9. The average molecular weight is 618 g/mol. The molecule has 2 bridgehead atoms. The quantitative estimate of drug-likeness (QED) is 0.275. The van der Waals surface area contributed by atoms with Crippen LogP contribution in [0.2, 0.25) is 0 Å². The van der Waals surface area contributed by atoms with Gasteiger partial charge in [0.25, 0.3) is 5.91 Å². The fourth-order valence-corrected chi connectivity index (χ4v) is 7.61. The third kappa shape index (κ3) is 4.72. The molecular weight excluding hydrogens is 589 g/mol. The van der Waals surface area contributed by atoms with Crippen molar-refractivity contribution in [2.45, 2.75) is 48.6 Å². The van der Waals surface area contributed by atoms with Crippen LogP contribution in [0.4, 0.5) is 10.2 Å². The summed E-state index contributed by atoms with van der Waals surface area (Å²) in [7, 11) is -3.78. The molecule has 0 saturated carbocycles. The van der Waals surface area contributed by atoms with E-state index >= 15 is 0 Å². The molecule has 4 aromatic heterocycles. The molecule has 1 amide bonds. The van der Waals surface area contributed by atoms with Gasteiger partial charge < -0.3 is 20.4 Å². The molecule has 6 heterocycles. The van der Waals surface area contributed by atoms with E-state index in [0.29, 0.717) is 41.2 Å². The third-order valence-corrected chi connectivity index (χ3v) is 9.61. The summed E-state index contributed by atoms with van der Waals surface area (Å²) in [6, 6.07) is 10.5. The van der Waals surface area contributed by atoms with Gasteiger partial charge in [0.05, 0.1) is 17.6 Å². The van der Waals surface area contributed by atoms with E-state index in [4.69, 9.17) is 15.5 Å². The second kappa shape index (κ2) is 10.7. The molecule has 0 aliphatic carbocycles. The Morgan fingerprint density at radius 2 is 1.82 bits per heavy atom. The second-order valence-electron chi connectivity index (χ2n) is 11.1. The predicted molar refractivity (Wildman–Crippen MR) is 157 cm³/mol. The highest BCUT2D eigenvalue weighted by atomic mass is 32.2. The lowest BCUT2D eigenvalue weighted by Gasteiger charge is -2.38. The van der Waals surface area contributed by atoms with E-state index in [9.17, 15) is 17.6 Å². The number of alkyl halides is 1. The third-order valence-electron chi connectivity index (χ3n) is 8.45. The van der Waals surface area contributed by atoms with Gasteiger partial charge in [-0.2, -0.15) is 9.61 Å². The molecule has 2 aliphatic rings. The van der Waals surface area contributed by atoms with Crippen molar-refractivity contribution in [1.82, 2.24) is 39.7 Å². The van der Waals surface area contributed by atoms with Crippen molar-refractivity contribution >= 4 is 27.2 Å². The normalized spacial score (nSPS) is 19.9. The molecule has 1 aromatic carbocycles. The van der Waals surface area contributed by atoms with Gasteiger partial charge in [-0.1, -0.05) is 6.07 Å². The number of nitrogen functional groups attached to an aromatic ring is 1. The van der Waals surface area contributed by atoms with Crippen LogP contribution in [0.25, 0.3) is 28.0 Å². The van der Waals surface area contributed by atoms with E-state index < -0.39 is 16.7 Å². The Morgan fingerprint density at radius 3 is 2.43 bits per heavy atom. The lowest BCUT2D eigenvalue weighted by atomic mass is 9.87. The van der Waals surface area contributed by atoms with Gasteiger partial charge in [-0.3, -0.25) is 9.78 Å². The molecule has 44 heavy (non-hydrogen) atoms. The highest BCUT2D eigenvalue weighted by Gasteiger charge is 2.46. The standard InChI is InChI=1S/C29H28FN9O4S/c1-44(41,42)25-24(18-10-19-5-6-20(11-18)38(19)29(40)27-33-15-34-37-27)36-28-22(13-35-39(28)26(25)31)17-4-9-23(32-12-17)16-2-7-21(8-3-16)43-14-30/h2-4,7-9,12-13,15,18-20H,5-6,10-11,14,31H2,1H3,(H,33,34,37). The maximum Gasteiger partial charge on any atom is 0.292 e. The summed E-state index contributed by atoms with van der Waals surface area (Å²) < 4.78 is 44.9. The van der Waals surface area contributed by atoms with Crippen LogP contribution in [0.3, 0.4) is 0 Å². The van der Waals surface area contributed by atoms with Crippen LogP contribution < -0.4 is 10.5 Å². The van der Waals surface area contributed by atoms with Gasteiger partial charge in [0.15, 0.2) is 15.5 Å². The number of nitrogens with zero attached hydrogens (tertiary/aromatic N) is 7. The van der Waals surface area contributed by atoms with Crippen molar-refractivity contribution in [2.24, 2.45) is 0 Å². The average Bonchev–Trinajstić information content (AvgIpc) is 3.75. The topological polar surface area (TPSA) is 174 Å². The molecule has 0 radical (unpaired) electrons. The fraction of sp³-hybridized carbons (Fsp3) is 0.310. The summed E-state index contributed by atoms with van der Waals surface area (Å²) in [6.45, 7) is -0.901.